The third-order valence-electron chi connectivity index (χ3n) is 7.22. The van der Waals surface area contributed by atoms with Crippen molar-refractivity contribution in [3.05, 3.63) is 47.5 Å². The normalized spacial score (nSPS) is 17.7. The summed E-state index contributed by atoms with van der Waals surface area (Å²) in [4.78, 5) is 18.7. The van der Waals surface area contributed by atoms with Crippen molar-refractivity contribution < 1.29 is 32.0 Å². The zero-order chi connectivity index (χ0) is 27.3. The van der Waals surface area contributed by atoms with Crippen LogP contribution in [0.4, 0.5) is 13.2 Å². The van der Waals surface area contributed by atoms with Crippen molar-refractivity contribution in [1.82, 2.24) is 14.5 Å². The summed E-state index contributed by atoms with van der Waals surface area (Å²) < 4.78 is 61.6. The molecule has 0 spiro atoms. The lowest BCUT2D eigenvalue weighted by atomic mass is 9.78. The fourth-order valence-corrected chi connectivity index (χ4v) is 4.61. The number of rotatable bonds is 8. The van der Waals surface area contributed by atoms with Gasteiger partial charge in [0.1, 0.15) is 22.8 Å². The van der Waals surface area contributed by atoms with E-state index in [1.165, 1.54) is 22.8 Å². The second-order valence-electron chi connectivity index (χ2n) is 10.3. The van der Waals surface area contributed by atoms with Crippen LogP contribution in [0.15, 0.2) is 30.3 Å². The number of benzene rings is 2. The number of aromatic nitrogens is 2. The van der Waals surface area contributed by atoms with Gasteiger partial charge in [0.25, 0.3) is 0 Å². The molecule has 0 radical (unpaired) electrons. The molecule has 7 nitrogen and oxygen atoms in total. The Bertz CT molecular complexity index is 1310. The number of aldehydes is 1. The molecule has 198 valence electrons. The predicted octanol–water partition coefficient (Wildman–Crippen LogP) is 4.89. The minimum atomic E-state index is -3.15. The zero-order valence-electron chi connectivity index (χ0n) is 22.0. The molecule has 4 rings (SSSR count). The lowest BCUT2D eigenvalue weighted by Gasteiger charge is -2.32. The Kier molecular flexibility index (Phi) is 7.17. The number of fused-ring (bicyclic) bond motifs is 1. The number of nitrogens with zero attached hydrogens (tertiary/aromatic N) is 3. The molecular weight excluding hydrogens is 486 g/mol. The van der Waals surface area contributed by atoms with Gasteiger partial charge >= 0.3 is 13.7 Å². The number of imidazole rings is 1. The van der Waals surface area contributed by atoms with Gasteiger partial charge in [-0.3, -0.25) is 14.3 Å². The molecule has 1 saturated heterocycles. The molecule has 1 atom stereocenters. The second-order valence-corrected chi connectivity index (χ2v) is 10.3. The first kappa shape index (κ1) is 27.2. The van der Waals surface area contributed by atoms with Crippen LogP contribution in [0.5, 0.6) is 5.75 Å². The van der Waals surface area contributed by atoms with Gasteiger partial charge in [-0.25, -0.2) is 9.37 Å². The smallest absolute Gasteiger partial charge is 0.433 e. The Balaban J connectivity index is 2.06. The first-order valence-electron chi connectivity index (χ1n) is 12.1. The van der Waals surface area contributed by atoms with E-state index in [9.17, 15) is 13.6 Å². The van der Waals surface area contributed by atoms with Gasteiger partial charge in [0, 0.05) is 11.0 Å². The standard InChI is InChI=1S/C26H31BF3N3O4/c1-8-18(32(6)7)23-31-17-13-12-16(27-36-25(2,3)26(4,5)37-27)20(28)22(17)33(23)21-15(14-34)10-9-11-19(21)35-24(29)30/h9-14,18,24H,8H2,1-7H3. The van der Waals surface area contributed by atoms with E-state index < -0.39 is 30.7 Å². The first-order chi connectivity index (χ1) is 17.3. The number of carbonyl (C=O) groups is 1. The van der Waals surface area contributed by atoms with Crippen molar-refractivity contribution in [2.45, 2.75) is 64.9 Å². The quantitative estimate of drug-likeness (QED) is 0.313. The molecular formula is C26H31BF3N3O4. The topological polar surface area (TPSA) is 65.8 Å². The second kappa shape index (κ2) is 9.77. The first-order valence-corrected chi connectivity index (χ1v) is 12.1. The Labute approximate surface area is 214 Å². The van der Waals surface area contributed by atoms with Gasteiger partial charge in [-0.1, -0.05) is 19.1 Å². The van der Waals surface area contributed by atoms with E-state index in [2.05, 4.69) is 0 Å². The van der Waals surface area contributed by atoms with Crippen molar-refractivity contribution in [3.8, 4) is 11.4 Å². The maximum absolute atomic E-state index is 16.5. The summed E-state index contributed by atoms with van der Waals surface area (Å²) in [5.74, 6) is -0.581. The van der Waals surface area contributed by atoms with Crippen LogP contribution >= 0.6 is 0 Å². The van der Waals surface area contributed by atoms with Crippen LogP contribution in [0, 0.1) is 5.82 Å². The number of alkyl halides is 2. The molecule has 3 aromatic rings. The van der Waals surface area contributed by atoms with Crippen LogP contribution in [0.2, 0.25) is 0 Å². The van der Waals surface area contributed by atoms with Gasteiger partial charge in [0.05, 0.1) is 22.8 Å². The fourth-order valence-electron chi connectivity index (χ4n) is 4.61. The maximum Gasteiger partial charge on any atom is 0.497 e. The van der Waals surface area contributed by atoms with Crippen LogP contribution in [-0.4, -0.2) is 59.8 Å². The van der Waals surface area contributed by atoms with Crippen LogP contribution in [-0.2, 0) is 9.31 Å². The van der Waals surface area contributed by atoms with Crippen molar-refractivity contribution in [2.75, 3.05) is 14.1 Å². The molecule has 1 unspecified atom stereocenters. The predicted molar refractivity (Wildman–Crippen MR) is 135 cm³/mol. The third-order valence-corrected chi connectivity index (χ3v) is 7.22. The number of halogens is 3. The third kappa shape index (κ3) is 4.64. The largest absolute Gasteiger partial charge is 0.497 e. The molecule has 37 heavy (non-hydrogen) atoms. The Hall–Kier alpha value is -2.89. The van der Waals surface area contributed by atoms with Gasteiger partial charge in [-0.05, 0) is 66.4 Å². The number of hydrogen-bond acceptors (Lipinski definition) is 6. The fraction of sp³-hybridized carbons (Fsp3) is 0.462. The maximum atomic E-state index is 16.5. The van der Waals surface area contributed by atoms with E-state index in [1.54, 1.807) is 12.1 Å². The van der Waals surface area contributed by atoms with Crippen LogP contribution in [0.25, 0.3) is 16.7 Å². The van der Waals surface area contributed by atoms with E-state index in [4.69, 9.17) is 19.0 Å². The number of para-hydroxylation sites is 1. The average Bonchev–Trinajstić information content (AvgIpc) is 3.27. The minimum absolute atomic E-state index is 0.0101. The number of hydrogen-bond donors (Lipinski definition) is 0. The van der Waals surface area contributed by atoms with E-state index in [0.29, 0.717) is 18.5 Å². The van der Waals surface area contributed by atoms with Crippen LogP contribution in [0.3, 0.4) is 0 Å². The summed E-state index contributed by atoms with van der Waals surface area (Å²) in [7, 11) is 2.67. The monoisotopic (exact) mass is 517 g/mol. The molecule has 0 aliphatic carbocycles. The molecule has 0 N–H and O–H groups in total. The van der Waals surface area contributed by atoms with E-state index in [1.807, 2.05) is 53.6 Å². The summed E-state index contributed by atoms with van der Waals surface area (Å²) in [5.41, 5.74) is -0.937. The number of carbonyl (C=O) groups excluding carboxylic acids is 1. The molecule has 1 aliphatic heterocycles. The molecule has 2 aromatic carbocycles. The Morgan fingerprint density at radius 3 is 2.32 bits per heavy atom. The van der Waals surface area contributed by atoms with E-state index >= 15 is 4.39 Å². The minimum Gasteiger partial charge on any atom is -0.433 e. The summed E-state index contributed by atoms with van der Waals surface area (Å²) >= 11 is 0. The van der Waals surface area contributed by atoms with Gasteiger partial charge in [0.15, 0.2) is 12.0 Å². The highest BCUT2D eigenvalue weighted by molar-refractivity contribution is 6.62. The highest BCUT2D eigenvalue weighted by Gasteiger charge is 2.52. The zero-order valence-corrected chi connectivity index (χ0v) is 22.0. The van der Waals surface area contributed by atoms with Crippen molar-refractivity contribution in [2.24, 2.45) is 0 Å². The summed E-state index contributed by atoms with van der Waals surface area (Å²) in [6.45, 7) is 6.24. The molecule has 0 bridgehead atoms. The molecule has 0 amide bonds. The van der Waals surface area contributed by atoms with Crippen molar-refractivity contribution in [1.29, 1.82) is 0 Å². The van der Waals surface area contributed by atoms with Crippen molar-refractivity contribution >= 4 is 29.9 Å². The highest BCUT2D eigenvalue weighted by Crippen LogP contribution is 2.39. The van der Waals surface area contributed by atoms with Gasteiger partial charge in [0.2, 0.25) is 0 Å². The molecule has 2 heterocycles. The summed E-state index contributed by atoms with van der Waals surface area (Å²) in [6, 6.07) is 7.07. The van der Waals surface area contributed by atoms with Crippen LogP contribution in [0.1, 0.15) is 63.3 Å². The highest BCUT2D eigenvalue weighted by atomic mass is 19.3. The summed E-state index contributed by atoms with van der Waals surface area (Å²) in [5, 5.41) is 0. The molecule has 11 heteroatoms. The van der Waals surface area contributed by atoms with Gasteiger partial charge < -0.3 is 14.0 Å². The van der Waals surface area contributed by atoms with Crippen molar-refractivity contribution in [3.63, 3.8) is 0 Å². The van der Waals surface area contributed by atoms with E-state index in [0.717, 1.165) is 0 Å². The molecule has 1 aliphatic rings. The lowest BCUT2D eigenvalue weighted by Crippen LogP contribution is -2.41. The van der Waals surface area contributed by atoms with Gasteiger partial charge in [-0.2, -0.15) is 8.78 Å². The number of ether oxygens (including phenoxy) is 1. The molecule has 1 aromatic heterocycles. The summed E-state index contributed by atoms with van der Waals surface area (Å²) in [6.07, 6.45) is 1.10. The van der Waals surface area contributed by atoms with Crippen LogP contribution < -0.4 is 10.2 Å². The SMILES string of the molecule is CCC(c1nc2ccc(B3OC(C)(C)C(C)(C)O3)c(F)c2n1-c1c(C=O)cccc1OC(F)F)N(C)C. The Morgan fingerprint density at radius 2 is 1.78 bits per heavy atom. The lowest BCUT2D eigenvalue weighted by molar-refractivity contribution is -0.0498. The molecule has 0 saturated carbocycles. The average molecular weight is 517 g/mol. The van der Waals surface area contributed by atoms with Gasteiger partial charge in [-0.15, -0.1) is 0 Å². The Morgan fingerprint density at radius 1 is 1.14 bits per heavy atom. The van der Waals surface area contributed by atoms with E-state index in [-0.39, 0.29) is 39.5 Å². The molecule has 1 fully saturated rings.